The maximum absolute atomic E-state index is 13.7. The Labute approximate surface area is 221 Å². The Bertz CT molecular complexity index is 1080. The zero-order valence-electron chi connectivity index (χ0n) is 22.3. The molecule has 3 atom stereocenters. The third-order valence-electron chi connectivity index (χ3n) is 5.83. The van der Waals surface area contributed by atoms with Gasteiger partial charge in [0.25, 0.3) is 5.69 Å². The van der Waals surface area contributed by atoms with Crippen LogP contribution in [0, 0.1) is 33.3 Å². The summed E-state index contributed by atoms with van der Waals surface area (Å²) in [7, 11) is 0. The first-order valence-corrected chi connectivity index (χ1v) is 12.4. The van der Waals surface area contributed by atoms with E-state index in [0.717, 1.165) is 0 Å². The van der Waals surface area contributed by atoms with Gasteiger partial charge in [0.15, 0.2) is 0 Å². The van der Waals surface area contributed by atoms with Crippen LogP contribution in [-0.2, 0) is 28.5 Å². The standard InChI is InChI=1S/C26H35N3O9/c1-6-35-25(36-7-2)26(32)22(24(31)38-15-16(3)4)21(18-10-8-11-19(14-18)29(33)34)20(17(5)28-26)23(30)37-13-9-12-27/h8,10-11,14,16,21-22,25,28,32H,6-7,9,13,15H2,1-5H3/t21-,22+,26+/m0/s1. The average molecular weight is 534 g/mol. The molecule has 38 heavy (non-hydrogen) atoms. The first-order chi connectivity index (χ1) is 18.0. The van der Waals surface area contributed by atoms with Gasteiger partial charge < -0.3 is 29.4 Å². The summed E-state index contributed by atoms with van der Waals surface area (Å²) in [5, 5.41) is 35.3. The van der Waals surface area contributed by atoms with E-state index in [-0.39, 0.29) is 61.3 Å². The minimum atomic E-state index is -2.24. The van der Waals surface area contributed by atoms with Crippen LogP contribution in [0.25, 0.3) is 0 Å². The second kappa shape index (κ2) is 13.9. The van der Waals surface area contributed by atoms with E-state index in [1.165, 1.54) is 31.2 Å². The predicted octanol–water partition coefficient (Wildman–Crippen LogP) is 2.92. The van der Waals surface area contributed by atoms with Crippen molar-refractivity contribution >= 4 is 17.6 Å². The van der Waals surface area contributed by atoms with E-state index in [1.807, 2.05) is 19.9 Å². The number of esters is 2. The fraction of sp³-hybridized carbons (Fsp3) is 0.577. The van der Waals surface area contributed by atoms with Crippen LogP contribution in [0.2, 0.25) is 0 Å². The average Bonchev–Trinajstić information content (AvgIpc) is 2.86. The van der Waals surface area contributed by atoms with Crippen molar-refractivity contribution in [1.29, 1.82) is 5.26 Å². The van der Waals surface area contributed by atoms with E-state index in [0.29, 0.717) is 0 Å². The minimum Gasteiger partial charge on any atom is -0.465 e. The summed E-state index contributed by atoms with van der Waals surface area (Å²) in [5.74, 6) is -4.56. The first-order valence-electron chi connectivity index (χ1n) is 12.4. The molecular weight excluding hydrogens is 498 g/mol. The molecule has 2 rings (SSSR count). The van der Waals surface area contributed by atoms with Gasteiger partial charge in [0.2, 0.25) is 12.0 Å². The second-order valence-corrected chi connectivity index (χ2v) is 9.11. The quantitative estimate of drug-likeness (QED) is 0.126. The molecule has 0 unspecified atom stereocenters. The Morgan fingerprint density at radius 1 is 1.24 bits per heavy atom. The number of aliphatic hydroxyl groups is 1. The molecule has 0 fully saturated rings. The van der Waals surface area contributed by atoms with Crippen LogP contribution in [0.4, 0.5) is 5.69 Å². The number of nitrogens with zero attached hydrogens (tertiary/aromatic N) is 2. The van der Waals surface area contributed by atoms with Crippen LogP contribution in [0.15, 0.2) is 35.5 Å². The molecule has 0 aromatic heterocycles. The largest absolute Gasteiger partial charge is 0.465 e. The molecule has 0 amide bonds. The summed E-state index contributed by atoms with van der Waals surface area (Å²) in [5.41, 5.74) is -2.23. The van der Waals surface area contributed by atoms with Gasteiger partial charge in [-0.1, -0.05) is 26.0 Å². The zero-order chi connectivity index (χ0) is 28.5. The molecule has 1 aromatic carbocycles. The summed E-state index contributed by atoms with van der Waals surface area (Å²) < 4.78 is 22.2. The summed E-state index contributed by atoms with van der Waals surface area (Å²) in [6, 6.07) is 7.31. The van der Waals surface area contributed by atoms with Crippen molar-refractivity contribution in [1.82, 2.24) is 5.32 Å². The number of carbonyl (C=O) groups is 2. The van der Waals surface area contributed by atoms with Gasteiger partial charge in [-0.05, 0) is 32.3 Å². The third kappa shape index (κ3) is 7.06. The molecule has 12 heteroatoms. The topological polar surface area (TPSA) is 170 Å². The van der Waals surface area contributed by atoms with Crippen LogP contribution in [-0.4, -0.2) is 60.4 Å². The number of nitriles is 1. The van der Waals surface area contributed by atoms with Gasteiger partial charge in [0.05, 0.1) is 29.6 Å². The van der Waals surface area contributed by atoms with Gasteiger partial charge in [-0.2, -0.15) is 5.26 Å². The van der Waals surface area contributed by atoms with E-state index in [1.54, 1.807) is 13.8 Å². The third-order valence-corrected chi connectivity index (χ3v) is 5.83. The normalized spacial score (nSPS) is 21.1. The molecular formula is C26H35N3O9. The van der Waals surface area contributed by atoms with Crippen LogP contribution in [0.5, 0.6) is 0 Å². The summed E-state index contributed by atoms with van der Waals surface area (Å²) in [6.07, 6.45) is -1.44. The molecule has 12 nitrogen and oxygen atoms in total. The molecule has 0 saturated heterocycles. The van der Waals surface area contributed by atoms with Gasteiger partial charge in [-0.25, -0.2) is 4.79 Å². The fourth-order valence-electron chi connectivity index (χ4n) is 4.30. The number of hydrogen-bond acceptors (Lipinski definition) is 11. The Kier molecular flexibility index (Phi) is 11.2. The molecule has 0 radical (unpaired) electrons. The van der Waals surface area contributed by atoms with Crippen LogP contribution >= 0.6 is 0 Å². The number of nitrogens with one attached hydrogen (secondary N) is 1. The number of carbonyl (C=O) groups excluding carboxylic acids is 2. The molecule has 0 spiro atoms. The van der Waals surface area contributed by atoms with Crippen LogP contribution < -0.4 is 5.32 Å². The van der Waals surface area contributed by atoms with Crippen molar-refractivity contribution in [3.63, 3.8) is 0 Å². The molecule has 1 heterocycles. The number of benzene rings is 1. The number of hydrogen-bond donors (Lipinski definition) is 2. The number of non-ortho nitro benzene ring substituents is 1. The highest BCUT2D eigenvalue weighted by Gasteiger charge is 2.59. The number of rotatable bonds is 13. The molecule has 208 valence electrons. The second-order valence-electron chi connectivity index (χ2n) is 9.11. The van der Waals surface area contributed by atoms with Crippen LogP contribution in [0.3, 0.4) is 0 Å². The van der Waals surface area contributed by atoms with Crippen molar-refractivity contribution in [2.45, 2.75) is 59.0 Å². The Hall–Kier alpha value is -3.53. The zero-order valence-corrected chi connectivity index (χ0v) is 22.3. The van der Waals surface area contributed by atoms with E-state index >= 15 is 0 Å². The first kappa shape index (κ1) is 30.7. The Morgan fingerprint density at radius 3 is 2.45 bits per heavy atom. The van der Waals surface area contributed by atoms with E-state index in [2.05, 4.69) is 5.32 Å². The molecule has 0 bridgehead atoms. The monoisotopic (exact) mass is 533 g/mol. The molecule has 0 aliphatic carbocycles. The number of nitro groups is 1. The van der Waals surface area contributed by atoms with Crippen molar-refractivity contribution < 1.29 is 38.6 Å². The molecule has 2 N–H and O–H groups in total. The van der Waals surface area contributed by atoms with E-state index in [9.17, 15) is 24.8 Å². The molecule has 1 aliphatic heterocycles. The van der Waals surface area contributed by atoms with Crippen LogP contribution in [0.1, 0.15) is 52.5 Å². The minimum absolute atomic E-state index is 0.0195. The van der Waals surface area contributed by atoms with Crippen molar-refractivity contribution in [2.75, 3.05) is 26.4 Å². The summed E-state index contributed by atoms with van der Waals surface area (Å²) in [6.45, 7) is 8.59. The predicted molar refractivity (Wildman–Crippen MR) is 134 cm³/mol. The summed E-state index contributed by atoms with van der Waals surface area (Å²) >= 11 is 0. The highest BCUT2D eigenvalue weighted by Crippen LogP contribution is 2.46. The summed E-state index contributed by atoms with van der Waals surface area (Å²) in [4.78, 5) is 37.9. The number of allylic oxidation sites excluding steroid dienone is 1. The molecule has 1 aromatic rings. The van der Waals surface area contributed by atoms with Crippen molar-refractivity contribution in [2.24, 2.45) is 11.8 Å². The lowest BCUT2D eigenvalue weighted by Gasteiger charge is -2.47. The smallest absolute Gasteiger partial charge is 0.336 e. The Morgan fingerprint density at radius 2 is 1.89 bits per heavy atom. The number of nitro benzene ring substituents is 1. The van der Waals surface area contributed by atoms with E-state index in [4.69, 9.17) is 24.2 Å². The number of ether oxygens (including phenoxy) is 4. The lowest BCUT2D eigenvalue weighted by atomic mass is 9.71. The lowest BCUT2D eigenvalue weighted by Crippen LogP contribution is -2.67. The van der Waals surface area contributed by atoms with Gasteiger partial charge >= 0.3 is 11.9 Å². The fourth-order valence-corrected chi connectivity index (χ4v) is 4.30. The van der Waals surface area contributed by atoms with Gasteiger partial charge in [-0.15, -0.1) is 0 Å². The maximum atomic E-state index is 13.7. The highest BCUT2D eigenvalue weighted by atomic mass is 16.7. The SMILES string of the molecule is CCOC(OCC)[C@@]1(O)NC(C)=C(C(=O)OCCC#N)[C@H](c2cccc([N+](=O)[O-])c2)[C@@H]1C(=O)OCC(C)C. The Balaban J connectivity index is 2.83. The highest BCUT2D eigenvalue weighted by molar-refractivity contribution is 5.93. The molecule has 0 saturated carbocycles. The van der Waals surface area contributed by atoms with Gasteiger partial charge in [0, 0.05) is 37.0 Å². The van der Waals surface area contributed by atoms with Gasteiger partial charge in [-0.3, -0.25) is 14.9 Å². The molecule has 1 aliphatic rings. The van der Waals surface area contributed by atoms with Crippen molar-refractivity contribution in [3.05, 3.63) is 51.2 Å². The van der Waals surface area contributed by atoms with Crippen molar-refractivity contribution in [3.8, 4) is 6.07 Å². The lowest BCUT2D eigenvalue weighted by molar-refractivity contribution is -0.385. The van der Waals surface area contributed by atoms with E-state index < -0.39 is 40.7 Å². The maximum Gasteiger partial charge on any atom is 0.336 e. The van der Waals surface area contributed by atoms with Gasteiger partial charge in [0.1, 0.15) is 12.5 Å².